The maximum atomic E-state index is 14.2. The van der Waals surface area contributed by atoms with Crippen molar-refractivity contribution >= 4 is 34.7 Å². The molecule has 0 bridgehead atoms. The quantitative estimate of drug-likeness (QED) is 0.132. The van der Waals surface area contributed by atoms with Crippen molar-refractivity contribution < 1.29 is 18.7 Å². The van der Waals surface area contributed by atoms with Crippen molar-refractivity contribution in [3.8, 4) is 0 Å². The van der Waals surface area contributed by atoms with Gasteiger partial charge in [-0.3, -0.25) is 9.59 Å². The first-order valence-electron chi connectivity index (χ1n) is 15.0. The van der Waals surface area contributed by atoms with E-state index in [1.165, 1.54) is 0 Å². The molecule has 0 aliphatic rings. The van der Waals surface area contributed by atoms with E-state index < -0.39 is 12.1 Å². The summed E-state index contributed by atoms with van der Waals surface area (Å²) in [6, 6.07) is 19.6. The van der Waals surface area contributed by atoms with Gasteiger partial charge in [0.1, 0.15) is 10.9 Å². The van der Waals surface area contributed by atoms with Crippen molar-refractivity contribution in [2.24, 2.45) is 11.8 Å². The van der Waals surface area contributed by atoms with Gasteiger partial charge < -0.3 is 19.4 Å². The Morgan fingerprint density at radius 2 is 1.70 bits per heavy atom. The van der Waals surface area contributed by atoms with Crippen molar-refractivity contribution in [3.05, 3.63) is 110 Å². The molecule has 0 aliphatic carbocycles. The summed E-state index contributed by atoms with van der Waals surface area (Å²) in [6.45, 7) is 10.8. The van der Waals surface area contributed by atoms with E-state index in [-0.39, 0.29) is 41.3 Å². The zero-order valence-corrected chi connectivity index (χ0v) is 26.7. The summed E-state index contributed by atoms with van der Waals surface area (Å²) in [7, 11) is 0. The number of alkyl carbamates (subject to hydrolysis) is 1. The van der Waals surface area contributed by atoms with Crippen LogP contribution < -0.4 is 10.7 Å². The second kappa shape index (κ2) is 15.0. The standard InChI is InChI=1S/C35H40ClN3O5/c1-22(2)21-37-35(42)43-19-9-18-39(34(41)26-14-12-24(5)13-15-26)30(23(3)4)32-28(20-25-10-7-6-8-11-25)31(40)27-16-17-29(36)38-33(27)44-32/h6-8,10-17,22-23,30H,9,18-21H2,1-5H3,(H,37,42). The molecule has 1 unspecified atom stereocenters. The minimum Gasteiger partial charge on any atom is -0.449 e. The number of rotatable bonds is 12. The molecule has 0 spiro atoms. The molecule has 1 N–H and O–H groups in total. The average molecular weight is 618 g/mol. The number of ether oxygens (including phenoxy) is 1. The molecule has 2 aromatic heterocycles. The van der Waals surface area contributed by atoms with Gasteiger partial charge in [0.05, 0.1) is 18.0 Å². The lowest BCUT2D eigenvalue weighted by molar-refractivity contribution is 0.0564. The van der Waals surface area contributed by atoms with Crippen LogP contribution in [0.5, 0.6) is 0 Å². The lowest BCUT2D eigenvalue weighted by atomic mass is 9.92. The Balaban J connectivity index is 1.78. The highest BCUT2D eigenvalue weighted by atomic mass is 35.5. The normalized spacial score (nSPS) is 12.0. The van der Waals surface area contributed by atoms with Crippen LogP contribution >= 0.6 is 11.6 Å². The molecule has 0 saturated heterocycles. The summed E-state index contributed by atoms with van der Waals surface area (Å²) in [4.78, 5) is 46.4. The predicted molar refractivity (Wildman–Crippen MR) is 173 cm³/mol. The monoisotopic (exact) mass is 617 g/mol. The molecule has 2 amide bonds. The molecule has 0 saturated carbocycles. The molecular formula is C35H40ClN3O5. The highest BCUT2D eigenvalue weighted by molar-refractivity contribution is 6.29. The van der Waals surface area contributed by atoms with Crippen LogP contribution in [0.4, 0.5) is 4.79 Å². The fourth-order valence-corrected chi connectivity index (χ4v) is 5.23. The summed E-state index contributed by atoms with van der Waals surface area (Å²) >= 11 is 6.21. The van der Waals surface area contributed by atoms with Gasteiger partial charge in [-0.25, -0.2) is 9.78 Å². The van der Waals surface area contributed by atoms with Crippen molar-refractivity contribution in [1.82, 2.24) is 15.2 Å². The summed E-state index contributed by atoms with van der Waals surface area (Å²) < 4.78 is 11.8. The number of nitrogens with one attached hydrogen (secondary N) is 1. The van der Waals surface area contributed by atoms with Crippen LogP contribution in [0.1, 0.15) is 73.0 Å². The first kappa shape index (κ1) is 32.7. The van der Waals surface area contributed by atoms with Gasteiger partial charge in [-0.2, -0.15) is 0 Å². The van der Waals surface area contributed by atoms with E-state index in [2.05, 4.69) is 10.3 Å². The number of amides is 2. The number of hydrogen-bond donors (Lipinski definition) is 1. The van der Waals surface area contributed by atoms with Crippen LogP contribution in [0.25, 0.3) is 11.1 Å². The van der Waals surface area contributed by atoms with Gasteiger partial charge in [-0.1, -0.05) is 87.3 Å². The Morgan fingerprint density at radius 3 is 2.36 bits per heavy atom. The van der Waals surface area contributed by atoms with Crippen LogP contribution in [0.15, 0.2) is 75.9 Å². The molecule has 232 valence electrons. The highest BCUT2D eigenvalue weighted by Gasteiger charge is 2.34. The van der Waals surface area contributed by atoms with E-state index in [4.69, 9.17) is 20.8 Å². The van der Waals surface area contributed by atoms with Crippen LogP contribution in [0.2, 0.25) is 5.15 Å². The van der Waals surface area contributed by atoms with Gasteiger partial charge in [0.25, 0.3) is 5.91 Å². The van der Waals surface area contributed by atoms with Gasteiger partial charge in [-0.15, -0.1) is 0 Å². The average Bonchev–Trinajstić information content (AvgIpc) is 2.99. The van der Waals surface area contributed by atoms with E-state index in [9.17, 15) is 14.4 Å². The molecule has 9 heteroatoms. The third-order valence-electron chi connectivity index (χ3n) is 7.30. The maximum Gasteiger partial charge on any atom is 0.407 e. The van der Waals surface area contributed by atoms with Gasteiger partial charge >= 0.3 is 6.09 Å². The number of aryl methyl sites for hydroxylation is 1. The largest absolute Gasteiger partial charge is 0.449 e. The van der Waals surface area contributed by atoms with E-state index >= 15 is 0 Å². The van der Waals surface area contributed by atoms with Crippen molar-refractivity contribution in [3.63, 3.8) is 0 Å². The highest BCUT2D eigenvalue weighted by Crippen LogP contribution is 2.34. The van der Waals surface area contributed by atoms with Gasteiger partial charge in [0.2, 0.25) is 5.71 Å². The summed E-state index contributed by atoms with van der Waals surface area (Å²) in [5, 5.41) is 3.26. The Bertz CT molecular complexity index is 1630. The smallest absolute Gasteiger partial charge is 0.407 e. The first-order valence-corrected chi connectivity index (χ1v) is 15.4. The number of aromatic nitrogens is 1. The molecular weight excluding hydrogens is 578 g/mol. The Morgan fingerprint density at radius 1 is 1.00 bits per heavy atom. The second-order valence-electron chi connectivity index (χ2n) is 11.7. The number of nitrogens with zero attached hydrogens (tertiary/aromatic N) is 2. The van der Waals surface area contributed by atoms with E-state index in [1.807, 2.05) is 77.1 Å². The molecule has 2 aromatic carbocycles. The lowest BCUT2D eigenvalue weighted by Crippen LogP contribution is -2.40. The minimum absolute atomic E-state index is 0.113. The zero-order valence-electron chi connectivity index (χ0n) is 25.9. The SMILES string of the molecule is Cc1ccc(C(=O)N(CCCOC(=O)NCC(C)C)C(c2oc3nc(Cl)ccc3c(=O)c2Cc2ccccc2)C(C)C)cc1. The van der Waals surface area contributed by atoms with Gasteiger partial charge in [0.15, 0.2) is 5.43 Å². The first-order chi connectivity index (χ1) is 21.0. The van der Waals surface area contributed by atoms with E-state index in [0.717, 1.165) is 11.1 Å². The molecule has 1 atom stereocenters. The molecule has 0 aliphatic heterocycles. The Kier molecular flexibility index (Phi) is 11.2. The predicted octanol–water partition coefficient (Wildman–Crippen LogP) is 7.35. The van der Waals surface area contributed by atoms with Crippen LogP contribution in [0.3, 0.4) is 0 Å². The number of hydrogen-bond acceptors (Lipinski definition) is 6. The number of fused-ring (bicyclic) bond motifs is 1. The maximum absolute atomic E-state index is 14.2. The molecule has 8 nitrogen and oxygen atoms in total. The van der Waals surface area contributed by atoms with Crippen LogP contribution in [-0.4, -0.2) is 41.6 Å². The molecule has 44 heavy (non-hydrogen) atoms. The van der Waals surface area contributed by atoms with Crippen molar-refractivity contribution in [1.29, 1.82) is 0 Å². The number of benzene rings is 2. The number of carbonyl (C=O) groups excluding carboxylic acids is 2. The molecule has 0 fully saturated rings. The zero-order chi connectivity index (χ0) is 31.8. The lowest BCUT2D eigenvalue weighted by Gasteiger charge is -2.35. The number of pyridine rings is 1. The topological polar surface area (TPSA) is 102 Å². The third kappa shape index (κ3) is 8.26. The molecule has 2 heterocycles. The van der Waals surface area contributed by atoms with Gasteiger partial charge in [-0.05, 0) is 55.0 Å². The molecule has 4 aromatic rings. The number of carbonyl (C=O) groups is 2. The number of halogens is 1. The summed E-state index contributed by atoms with van der Waals surface area (Å²) in [5.41, 5.74) is 2.83. The molecule has 4 rings (SSSR count). The fraction of sp³-hybridized carbons (Fsp3) is 0.371. The summed E-state index contributed by atoms with van der Waals surface area (Å²) in [6.07, 6.45) is 0.196. The van der Waals surface area contributed by atoms with Gasteiger partial charge in [0, 0.05) is 30.6 Å². The minimum atomic E-state index is -0.629. The Labute approximate surface area is 263 Å². The third-order valence-corrected chi connectivity index (χ3v) is 7.51. The van der Waals surface area contributed by atoms with E-state index in [0.29, 0.717) is 47.6 Å². The fourth-order valence-electron chi connectivity index (χ4n) is 5.09. The van der Waals surface area contributed by atoms with Crippen molar-refractivity contribution in [2.75, 3.05) is 19.7 Å². The summed E-state index contributed by atoms with van der Waals surface area (Å²) in [5.74, 6) is 0.282. The van der Waals surface area contributed by atoms with Crippen molar-refractivity contribution in [2.45, 2.75) is 53.5 Å². The second-order valence-corrected chi connectivity index (χ2v) is 12.1. The Hall–Kier alpha value is -4.17. The molecule has 0 radical (unpaired) electrons. The van der Waals surface area contributed by atoms with E-state index in [1.54, 1.807) is 29.2 Å². The van der Waals surface area contributed by atoms with Crippen LogP contribution in [0, 0.1) is 18.8 Å². The van der Waals surface area contributed by atoms with Crippen LogP contribution in [-0.2, 0) is 11.2 Å².